The summed E-state index contributed by atoms with van der Waals surface area (Å²) < 4.78 is 1.84. The Hall–Kier alpha value is -0.880. The molecule has 0 aliphatic carbocycles. The summed E-state index contributed by atoms with van der Waals surface area (Å²) in [5.74, 6) is 0.461. The van der Waals surface area contributed by atoms with Crippen molar-refractivity contribution in [3.05, 3.63) is 21.0 Å². The SMILES string of the molecule is CC(C)C(CN(C)C)Nc1cnn(C)c(=O)c1Br. The standard InChI is InChI=1S/C12H21BrN4O/c1-8(2)10(7-16(3)4)15-9-6-14-17(5)12(18)11(9)13/h6,8,10,15H,7H2,1-5H3. The van der Waals surface area contributed by atoms with Crippen LogP contribution in [0.5, 0.6) is 0 Å². The third-order valence-electron chi connectivity index (χ3n) is 2.79. The summed E-state index contributed by atoms with van der Waals surface area (Å²) in [5, 5.41) is 7.41. The van der Waals surface area contributed by atoms with Crippen LogP contribution in [0.2, 0.25) is 0 Å². The largest absolute Gasteiger partial charge is 0.378 e. The fourth-order valence-electron chi connectivity index (χ4n) is 1.63. The van der Waals surface area contributed by atoms with Gasteiger partial charge in [-0.1, -0.05) is 13.8 Å². The summed E-state index contributed by atoms with van der Waals surface area (Å²) in [5.41, 5.74) is 0.617. The minimum atomic E-state index is -0.132. The van der Waals surface area contributed by atoms with Crippen molar-refractivity contribution in [3.8, 4) is 0 Å². The second-order valence-corrected chi connectivity index (χ2v) is 5.85. The molecule has 0 amide bonds. The third kappa shape index (κ3) is 3.81. The van der Waals surface area contributed by atoms with Crippen molar-refractivity contribution in [2.75, 3.05) is 26.0 Å². The molecule has 6 heteroatoms. The van der Waals surface area contributed by atoms with Gasteiger partial charge in [0.25, 0.3) is 5.56 Å². The lowest BCUT2D eigenvalue weighted by Crippen LogP contribution is -2.37. The Morgan fingerprint density at radius 3 is 2.61 bits per heavy atom. The van der Waals surface area contributed by atoms with Gasteiger partial charge in [-0.25, -0.2) is 4.68 Å². The molecule has 0 aliphatic rings. The van der Waals surface area contributed by atoms with Crippen LogP contribution in [-0.4, -0.2) is 41.4 Å². The van der Waals surface area contributed by atoms with Gasteiger partial charge in [0.1, 0.15) is 4.47 Å². The molecule has 5 nitrogen and oxygen atoms in total. The summed E-state index contributed by atoms with van der Waals surface area (Å²) in [7, 11) is 5.71. The molecule has 0 aromatic carbocycles. The highest BCUT2D eigenvalue weighted by atomic mass is 79.9. The first-order chi connectivity index (χ1) is 8.32. The number of halogens is 1. The molecule has 1 unspecified atom stereocenters. The van der Waals surface area contributed by atoms with Gasteiger partial charge in [0, 0.05) is 19.6 Å². The van der Waals surface area contributed by atoms with Gasteiger partial charge in [-0.2, -0.15) is 5.10 Å². The van der Waals surface area contributed by atoms with E-state index >= 15 is 0 Å². The predicted octanol–water partition coefficient (Wildman–Crippen LogP) is 1.54. The van der Waals surface area contributed by atoms with Gasteiger partial charge >= 0.3 is 0 Å². The lowest BCUT2D eigenvalue weighted by atomic mass is 10.0. The maximum atomic E-state index is 11.8. The van der Waals surface area contributed by atoms with Crippen molar-refractivity contribution in [1.29, 1.82) is 0 Å². The number of hydrogen-bond donors (Lipinski definition) is 1. The van der Waals surface area contributed by atoms with Crippen LogP contribution in [0.15, 0.2) is 15.5 Å². The van der Waals surface area contributed by atoms with Crippen molar-refractivity contribution in [2.24, 2.45) is 13.0 Å². The smallest absolute Gasteiger partial charge is 0.282 e. The van der Waals surface area contributed by atoms with Gasteiger partial charge in [-0.05, 0) is 35.9 Å². The minimum absolute atomic E-state index is 0.132. The van der Waals surface area contributed by atoms with Gasteiger partial charge in [0.05, 0.1) is 11.9 Å². The van der Waals surface area contributed by atoms with Gasteiger partial charge < -0.3 is 10.2 Å². The number of nitrogens with zero attached hydrogens (tertiary/aromatic N) is 3. The van der Waals surface area contributed by atoms with E-state index in [0.717, 1.165) is 12.2 Å². The van der Waals surface area contributed by atoms with E-state index in [0.29, 0.717) is 10.4 Å². The average molecular weight is 317 g/mol. The van der Waals surface area contributed by atoms with Gasteiger partial charge in [0.2, 0.25) is 0 Å². The van der Waals surface area contributed by atoms with Crippen LogP contribution in [0.1, 0.15) is 13.8 Å². The molecule has 1 aromatic heterocycles. The molecule has 1 atom stereocenters. The highest BCUT2D eigenvalue weighted by Crippen LogP contribution is 2.19. The summed E-state index contributed by atoms with van der Waals surface area (Å²) in [6, 6.07) is 0.269. The van der Waals surface area contributed by atoms with Crippen LogP contribution in [0.3, 0.4) is 0 Å². The summed E-state index contributed by atoms with van der Waals surface area (Å²) in [6.07, 6.45) is 1.68. The van der Waals surface area contributed by atoms with E-state index in [9.17, 15) is 4.79 Å². The fraction of sp³-hybridized carbons (Fsp3) is 0.667. The van der Waals surface area contributed by atoms with Crippen molar-refractivity contribution in [1.82, 2.24) is 14.7 Å². The molecule has 0 aliphatic heterocycles. The number of likely N-dealkylation sites (N-methyl/N-ethyl adjacent to an activating group) is 1. The Morgan fingerprint density at radius 1 is 1.50 bits per heavy atom. The van der Waals surface area contributed by atoms with Crippen molar-refractivity contribution < 1.29 is 0 Å². The molecule has 18 heavy (non-hydrogen) atoms. The van der Waals surface area contributed by atoms with Crippen molar-refractivity contribution in [3.63, 3.8) is 0 Å². The second kappa shape index (κ2) is 6.33. The molecular weight excluding hydrogens is 296 g/mol. The van der Waals surface area contributed by atoms with E-state index in [4.69, 9.17) is 0 Å². The van der Waals surface area contributed by atoms with Crippen molar-refractivity contribution >= 4 is 21.6 Å². The number of nitrogens with one attached hydrogen (secondary N) is 1. The molecule has 0 fully saturated rings. The van der Waals surface area contributed by atoms with Crippen LogP contribution < -0.4 is 10.9 Å². The highest BCUT2D eigenvalue weighted by molar-refractivity contribution is 9.10. The quantitative estimate of drug-likeness (QED) is 0.895. The van der Waals surface area contributed by atoms with Gasteiger partial charge in [0.15, 0.2) is 0 Å². The number of aromatic nitrogens is 2. The molecule has 1 rings (SSSR count). The fourth-order valence-corrected chi connectivity index (χ4v) is 2.10. The topological polar surface area (TPSA) is 50.2 Å². The summed E-state index contributed by atoms with van der Waals surface area (Å²) in [4.78, 5) is 13.9. The van der Waals surface area contributed by atoms with E-state index in [1.165, 1.54) is 4.68 Å². The Morgan fingerprint density at radius 2 is 2.11 bits per heavy atom. The number of hydrogen-bond acceptors (Lipinski definition) is 4. The van der Waals surface area contributed by atoms with E-state index in [2.05, 4.69) is 45.1 Å². The first kappa shape index (κ1) is 15.2. The molecule has 0 bridgehead atoms. The maximum absolute atomic E-state index is 11.8. The molecule has 0 spiro atoms. The number of rotatable bonds is 5. The molecule has 1 heterocycles. The first-order valence-electron chi connectivity index (χ1n) is 5.96. The number of anilines is 1. The van der Waals surface area contributed by atoms with E-state index in [1.54, 1.807) is 13.2 Å². The van der Waals surface area contributed by atoms with Crippen LogP contribution in [-0.2, 0) is 7.05 Å². The summed E-state index contributed by atoms with van der Waals surface area (Å²) in [6.45, 7) is 5.21. The van der Waals surface area contributed by atoms with Crippen LogP contribution in [0.4, 0.5) is 5.69 Å². The molecule has 0 saturated heterocycles. The van der Waals surface area contributed by atoms with Gasteiger partial charge in [-0.15, -0.1) is 0 Å². The lowest BCUT2D eigenvalue weighted by molar-refractivity contribution is 0.344. The zero-order valence-corrected chi connectivity index (χ0v) is 13.2. The zero-order valence-electron chi connectivity index (χ0n) is 11.6. The Kier molecular flexibility index (Phi) is 5.34. The van der Waals surface area contributed by atoms with Crippen LogP contribution in [0, 0.1) is 5.92 Å². The van der Waals surface area contributed by atoms with Crippen molar-refractivity contribution in [2.45, 2.75) is 19.9 Å². The molecule has 0 radical (unpaired) electrons. The third-order valence-corrected chi connectivity index (χ3v) is 3.55. The zero-order chi connectivity index (χ0) is 13.9. The predicted molar refractivity (Wildman–Crippen MR) is 78.0 cm³/mol. The molecular formula is C12H21BrN4O. The normalized spacial score (nSPS) is 13.1. The molecule has 1 N–H and O–H groups in total. The molecule has 102 valence electrons. The van der Waals surface area contributed by atoms with E-state index in [-0.39, 0.29) is 11.6 Å². The van der Waals surface area contributed by atoms with Gasteiger partial charge in [-0.3, -0.25) is 4.79 Å². The van der Waals surface area contributed by atoms with E-state index < -0.39 is 0 Å². The highest BCUT2D eigenvalue weighted by Gasteiger charge is 2.16. The van der Waals surface area contributed by atoms with E-state index in [1.807, 2.05) is 14.1 Å². The molecule has 0 saturated carbocycles. The van der Waals surface area contributed by atoms with Crippen LogP contribution >= 0.6 is 15.9 Å². The lowest BCUT2D eigenvalue weighted by Gasteiger charge is -2.26. The Bertz CT molecular complexity index is 456. The monoisotopic (exact) mass is 316 g/mol. The second-order valence-electron chi connectivity index (χ2n) is 5.06. The number of aryl methyl sites for hydroxylation is 1. The summed E-state index contributed by atoms with van der Waals surface area (Å²) >= 11 is 3.33. The Labute approximate surface area is 116 Å². The minimum Gasteiger partial charge on any atom is -0.378 e. The first-order valence-corrected chi connectivity index (χ1v) is 6.75. The average Bonchev–Trinajstić information content (AvgIpc) is 2.28. The Balaban J connectivity index is 2.94. The maximum Gasteiger partial charge on any atom is 0.282 e. The molecule has 1 aromatic rings. The van der Waals surface area contributed by atoms with Crippen LogP contribution in [0.25, 0.3) is 0 Å².